The van der Waals surface area contributed by atoms with E-state index >= 15 is 0 Å². The molecule has 2 saturated heterocycles. The third kappa shape index (κ3) is 5.50. The second-order valence-electron chi connectivity index (χ2n) is 9.11. The normalized spacial score (nSPS) is 22.7. The van der Waals surface area contributed by atoms with Gasteiger partial charge in [-0.2, -0.15) is 0 Å². The van der Waals surface area contributed by atoms with Gasteiger partial charge in [-0.25, -0.2) is 9.59 Å². The van der Waals surface area contributed by atoms with Crippen molar-refractivity contribution in [3.05, 3.63) is 35.9 Å². The summed E-state index contributed by atoms with van der Waals surface area (Å²) in [6.07, 6.45) is 6.51. The molecule has 2 N–H and O–H groups in total. The highest BCUT2D eigenvalue weighted by Crippen LogP contribution is 2.40. The predicted molar refractivity (Wildman–Crippen MR) is 120 cm³/mol. The van der Waals surface area contributed by atoms with Crippen LogP contribution in [0.3, 0.4) is 0 Å². The predicted octanol–water partition coefficient (Wildman–Crippen LogP) is 3.15. The smallest absolute Gasteiger partial charge is 0.317 e. The van der Waals surface area contributed by atoms with Crippen molar-refractivity contribution in [3.8, 4) is 0 Å². The molecule has 1 spiro atoms. The number of nitrogens with zero attached hydrogens (tertiary/aromatic N) is 2. The number of hydrogen-bond acceptors (Lipinski definition) is 3. The molecule has 2 aliphatic heterocycles. The number of carbonyl (C=O) groups is 2. The summed E-state index contributed by atoms with van der Waals surface area (Å²) in [5, 5.41) is 6.05. The van der Waals surface area contributed by atoms with E-state index in [1.807, 2.05) is 30.0 Å². The lowest BCUT2D eigenvalue weighted by molar-refractivity contribution is -0.125. The number of likely N-dealkylation sites (tertiary alicyclic amines) is 1. The van der Waals surface area contributed by atoms with Gasteiger partial charge in [-0.1, -0.05) is 30.3 Å². The van der Waals surface area contributed by atoms with Gasteiger partial charge in [-0.15, -0.1) is 0 Å². The SMILES string of the molecule is CCNC(=O)N(C1CC1)C1CCOC2(CCN(C(=O)NCCc3ccccc3)CC2)C1. The first-order chi connectivity index (χ1) is 15.1. The summed E-state index contributed by atoms with van der Waals surface area (Å²) in [6.45, 7) is 5.37. The summed E-state index contributed by atoms with van der Waals surface area (Å²) in [4.78, 5) is 29.3. The number of urea groups is 2. The third-order valence-electron chi connectivity index (χ3n) is 6.86. The molecule has 0 radical (unpaired) electrons. The number of piperidine rings is 1. The number of hydrogen-bond donors (Lipinski definition) is 2. The van der Waals surface area contributed by atoms with E-state index in [1.54, 1.807) is 0 Å². The molecule has 0 aromatic heterocycles. The molecule has 4 amide bonds. The third-order valence-corrected chi connectivity index (χ3v) is 6.86. The van der Waals surface area contributed by atoms with Crippen molar-refractivity contribution < 1.29 is 14.3 Å². The molecule has 4 rings (SSSR count). The summed E-state index contributed by atoms with van der Waals surface area (Å²) in [6, 6.07) is 10.9. The summed E-state index contributed by atoms with van der Waals surface area (Å²) in [7, 11) is 0. The van der Waals surface area contributed by atoms with Gasteiger partial charge in [0.15, 0.2) is 0 Å². The number of nitrogens with one attached hydrogen (secondary N) is 2. The molecule has 1 aromatic rings. The maximum atomic E-state index is 12.7. The van der Waals surface area contributed by atoms with E-state index in [9.17, 15) is 9.59 Å². The Hall–Kier alpha value is -2.28. The molecular weight excluding hydrogens is 392 g/mol. The summed E-state index contributed by atoms with van der Waals surface area (Å²) < 4.78 is 6.28. The number of benzene rings is 1. The maximum absolute atomic E-state index is 12.7. The highest BCUT2D eigenvalue weighted by Gasteiger charge is 2.46. The van der Waals surface area contributed by atoms with Gasteiger partial charge in [0.05, 0.1) is 5.60 Å². The summed E-state index contributed by atoms with van der Waals surface area (Å²) in [5.41, 5.74) is 1.03. The molecule has 7 heteroatoms. The Morgan fingerprint density at radius 3 is 2.52 bits per heavy atom. The Kier molecular flexibility index (Phi) is 7.00. The average Bonchev–Trinajstić information content (AvgIpc) is 3.60. The number of ether oxygens (including phenoxy) is 1. The van der Waals surface area contributed by atoms with E-state index in [4.69, 9.17) is 4.74 Å². The van der Waals surface area contributed by atoms with Crippen LogP contribution in [-0.4, -0.2) is 72.3 Å². The molecule has 3 aliphatic rings. The quantitative estimate of drug-likeness (QED) is 0.731. The number of amides is 4. The second kappa shape index (κ2) is 9.90. The van der Waals surface area contributed by atoms with Crippen molar-refractivity contribution in [2.45, 2.75) is 69.6 Å². The first-order valence-electron chi connectivity index (χ1n) is 11.9. The maximum Gasteiger partial charge on any atom is 0.317 e. The molecule has 1 atom stereocenters. The highest BCUT2D eigenvalue weighted by atomic mass is 16.5. The van der Waals surface area contributed by atoms with E-state index in [-0.39, 0.29) is 23.7 Å². The van der Waals surface area contributed by atoms with Crippen LogP contribution in [0, 0.1) is 0 Å². The van der Waals surface area contributed by atoms with Crippen LogP contribution in [-0.2, 0) is 11.2 Å². The lowest BCUT2D eigenvalue weighted by Gasteiger charge is -2.48. The Labute approximate surface area is 185 Å². The fourth-order valence-corrected chi connectivity index (χ4v) is 5.00. The minimum absolute atomic E-state index is 0.0140. The average molecular weight is 429 g/mol. The molecule has 1 unspecified atom stereocenters. The number of carbonyl (C=O) groups excluding carboxylic acids is 2. The molecule has 2 heterocycles. The molecular formula is C24H36N4O3. The van der Waals surface area contributed by atoms with Gasteiger partial charge in [-0.05, 0) is 57.4 Å². The van der Waals surface area contributed by atoms with E-state index < -0.39 is 0 Å². The molecule has 1 aromatic carbocycles. The van der Waals surface area contributed by atoms with Gasteiger partial charge in [0.2, 0.25) is 0 Å². The van der Waals surface area contributed by atoms with Crippen LogP contribution >= 0.6 is 0 Å². The molecule has 7 nitrogen and oxygen atoms in total. The fourth-order valence-electron chi connectivity index (χ4n) is 5.00. The standard InChI is InChI=1S/C24H36N4O3/c1-2-25-23(30)28(20-8-9-20)21-11-17-31-24(18-21)12-15-27(16-13-24)22(29)26-14-10-19-6-4-3-5-7-19/h3-7,20-21H,2,8-18H2,1H3,(H,25,30)(H,26,29). The van der Waals surface area contributed by atoms with Crippen LogP contribution in [0.15, 0.2) is 30.3 Å². The van der Waals surface area contributed by atoms with Crippen LogP contribution in [0.4, 0.5) is 9.59 Å². The molecule has 3 fully saturated rings. The van der Waals surface area contributed by atoms with Crippen molar-refractivity contribution in [3.63, 3.8) is 0 Å². The van der Waals surface area contributed by atoms with Crippen molar-refractivity contribution in [2.24, 2.45) is 0 Å². The Balaban J connectivity index is 1.26. The van der Waals surface area contributed by atoms with E-state index in [0.717, 1.165) is 44.9 Å². The first kappa shape index (κ1) is 21.9. The fraction of sp³-hybridized carbons (Fsp3) is 0.667. The molecule has 0 bridgehead atoms. The van der Waals surface area contributed by atoms with E-state index in [1.165, 1.54) is 5.56 Å². The molecule has 1 saturated carbocycles. The van der Waals surface area contributed by atoms with E-state index in [2.05, 4.69) is 27.7 Å². The van der Waals surface area contributed by atoms with Gasteiger partial charge in [-0.3, -0.25) is 0 Å². The molecule has 31 heavy (non-hydrogen) atoms. The van der Waals surface area contributed by atoms with Gasteiger partial charge < -0.3 is 25.2 Å². The monoisotopic (exact) mass is 428 g/mol. The van der Waals surface area contributed by atoms with Crippen molar-refractivity contribution >= 4 is 12.1 Å². The lowest BCUT2D eigenvalue weighted by atomic mass is 9.82. The zero-order valence-corrected chi connectivity index (χ0v) is 18.6. The van der Waals surface area contributed by atoms with Crippen molar-refractivity contribution in [2.75, 3.05) is 32.8 Å². The van der Waals surface area contributed by atoms with Gasteiger partial charge in [0.25, 0.3) is 0 Å². The topological polar surface area (TPSA) is 73.9 Å². The van der Waals surface area contributed by atoms with Crippen molar-refractivity contribution in [1.82, 2.24) is 20.4 Å². The highest BCUT2D eigenvalue weighted by molar-refractivity contribution is 5.75. The zero-order valence-electron chi connectivity index (χ0n) is 18.6. The van der Waals surface area contributed by atoms with Gasteiger partial charge in [0, 0.05) is 44.9 Å². The van der Waals surface area contributed by atoms with Gasteiger partial charge in [0.1, 0.15) is 0 Å². The molecule has 1 aliphatic carbocycles. The second-order valence-corrected chi connectivity index (χ2v) is 9.11. The van der Waals surface area contributed by atoms with Gasteiger partial charge >= 0.3 is 12.1 Å². The Morgan fingerprint density at radius 2 is 1.84 bits per heavy atom. The lowest BCUT2D eigenvalue weighted by Crippen LogP contribution is -2.57. The minimum Gasteiger partial charge on any atom is -0.375 e. The van der Waals surface area contributed by atoms with Crippen LogP contribution in [0.25, 0.3) is 0 Å². The largest absolute Gasteiger partial charge is 0.375 e. The zero-order chi connectivity index (χ0) is 21.7. The minimum atomic E-state index is -0.205. The van der Waals surface area contributed by atoms with Crippen LogP contribution in [0.5, 0.6) is 0 Å². The number of rotatable bonds is 6. The Morgan fingerprint density at radius 1 is 1.10 bits per heavy atom. The van der Waals surface area contributed by atoms with E-state index in [0.29, 0.717) is 38.8 Å². The first-order valence-corrected chi connectivity index (χ1v) is 11.9. The van der Waals surface area contributed by atoms with Crippen LogP contribution in [0.2, 0.25) is 0 Å². The summed E-state index contributed by atoms with van der Waals surface area (Å²) in [5.74, 6) is 0. The van der Waals surface area contributed by atoms with Crippen LogP contribution < -0.4 is 10.6 Å². The van der Waals surface area contributed by atoms with Crippen molar-refractivity contribution in [1.29, 1.82) is 0 Å². The molecule has 170 valence electrons. The summed E-state index contributed by atoms with van der Waals surface area (Å²) >= 11 is 0. The Bertz CT molecular complexity index is 744. The van der Waals surface area contributed by atoms with Crippen LogP contribution in [0.1, 0.15) is 51.0 Å².